The molecule has 1 fully saturated rings. The molecule has 0 spiro atoms. The van der Waals surface area contributed by atoms with E-state index in [0.717, 1.165) is 39.3 Å². The molecule has 5 nitrogen and oxygen atoms in total. The van der Waals surface area contributed by atoms with E-state index >= 15 is 0 Å². The number of rotatable bonds is 3. The number of alkyl halides is 1. The molecular formula is C12H28FN5. The van der Waals surface area contributed by atoms with E-state index in [2.05, 4.69) is 40.1 Å². The summed E-state index contributed by atoms with van der Waals surface area (Å²) in [7, 11) is 4.15. The Morgan fingerprint density at radius 3 is 2.83 bits per heavy atom. The molecule has 1 aliphatic heterocycles. The summed E-state index contributed by atoms with van der Waals surface area (Å²) in [4.78, 5) is 4.52. The summed E-state index contributed by atoms with van der Waals surface area (Å²) in [6.45, 7) is 5.92. The fraction of sp³-hybridized carbons (Fsp3) is 1.00. The zero-order valence-corrected chi connectivity index (χ0v) is 11.7. The van der Waals surface area contributed by atoms with Crippen LogP contribution in [-0.4, -0.2) is 76.0 Å². The summed E-state index contributed by atoms with van der Waals surface area (Å²) >= 11 is 0. The highest BCUT2D eigenvalue weighted by atomic mass is 19.1. The van der Waals surface area contributed by atoms with E-state index in [1.54, 1.807) is 0 Å². The molecule has 0 bridgehead atoms. The number of halogens is 1. The van der Waals surface area contributed by atoms with Crippen LogP contribution in [0, 0.1) is 0 Å². The molecule has 0 aromatic carbocycles. The first-order valence-electron chi connectivity index (χ1n) is 6.86. The Morgan fingerprint density at radius 1 is 1.28 bits per heavy atom. The minimum atomic E-state index is -0.769. The van der Waals surface area contributed by atoms with Crippen LogP contribution in [0.1, 0.15) is 12.8 Å². The van der Waals surface area contributed by atoms with Crippen LogP contribution in [0.5, 0.6) is 0 Å². The van der Waals surface area contributed by atoms with Gasteiger partial charge in [-0.25, -0.2) is 4.39 Å². The van der Waals surface area contributed by atoms with E-state index in [9.17, 15) is 4.39 Å². The maximum Gasteiger partial charge on any atom is 0.114 e. The topological polar surface area (TPSA) is 42.6 Å². The van der Waals surface area contributed by atoms with Crippen LogP contribution < -0.4 is 16.2 Å². The van der Waals surface area contributed by atoms with E-state index in [1.807, 2.05) is 0 Å². The van der Waals surface area contributed by atoms with Gasteiger partial charge in [-0.05, 0) is 26.9 Å². The number of hydrazine groups is 1. The number of hydrogen-bond donors (Lipinski definition) is 3. The Morgan fingerprint density at radius 2 is 2.06 bits per heavy atom. The van der Waals surface area contributed by atoms with Gasteiger partial charge in [-0.3, -0.25) is 15.8 Å². The van der Waals surface area contributed by atoms with Crippen molar-refractivity contribution < 1.29 is 4.39 Å². The Hall–Kier alpha value is -0.270. The van der Waals surface area contributed by atoms with Crippen molar-refractivity contribution in [2.24, 2.45) is 0 Å². The minimum absolute atomic E-state index is 0.445. The molecule has 0 saturated carbocycles. The normalized spacial score (nSPS) is 25.7. The summed E-state index contributed by atoms with van der Waals surface area (Å²) in [5, 5.41) is 3.21. The standard InChI is InChI=1S/C12H28FN5/c1-17(2)8-9-18-7-3-5-15-16-6-4-12(13)10-14-11-18/h12,14-16H,3-11H2,1-2H3. The predicted molar refractivity (Wildman–Crippen MR) is 73.1 cm³/mol. The largest absolute Gasteiger partial charge is 0.308 e. The fourth-order valence-corrected chi connectivity index (χ4v) is 1.89. The molecule has 1 heterocycles. The lowest BCUT2D eigenvalue weighted by Gasteiger charge is -2.25. The van der Waals surface area contributed by atoms with Crippen LogP contribution in [0.2, 0.25) is 0 Å². The monoisotopic (exact) mass is 261 g/mol. The smallest absolute Gasteiger partial charge is 0.114 e. The second-order valence-corrected chi connectivity index (χ2v) is 5.13. The maximum atomic E-state index is 13.5. The van der Waals surface area contributed by atoms with Gasteiger partial charge in [0.15, 0.2) is 0 Å². The van der Waals surface area contributed by atoms with Crippen molar-refractivity contribution in [1.82, 2.24) is 26.0 Å². The zero-order valence-electron chi connectivity index (χ0n) is 11.7. The highest BCUT2D eigenvalue weighted by Gasteiger charge is 2.09. The molecule has 18 heavy (non-hydrogen) atoms. The summed E-state index contributed by atoms with van der Waals surface area (Å²) in [5.41, 5.74) is 6.19. The predicted octanol–water partition coefficient (Wildman–Crippen LogP) is -0.377. The van der Waals surface area contributed by atoms with Gasteiger partial charge in [0.25, 0.3) is 0 Å². The van der Waals surface area contributed by atoms with Crippen molar-refractivity contribution in [1.29, 1.82) is 0 Å². The molecule has 0 aromatic rings. The number of nitrogens with zero attached hydrogens (tertiary/aromatic N) is 2. The van der Waals surface area contributed by atoms with Gasteiger partial charge >= 0.3 is 0 Å². The Labute approximate surface area is 110 Å². The first-order valence-corrected chi connectivity index (χ1v) is 6.86. The van der Waals surface area contributed by atoms with E-state index < -0.39 is 6.17 Å². The summed E-state index contributed by atoms with van der Waals surface area (Å²) in [6.07, 6.45) is 0.883. The minimum Gasteiger partial charge on any atom is -0.308 e. The molecular weight excluding hydrogens is 233 g/mol. The van der Waals surface area contributed by atoms with Crippen LogP contribution in [0.25, 0.3) is 0 Å². The second kappa shape index (κ2) is 9.63. The molecule has 1 aliphatic rings. The molecule has 0 aliphatic carbocycles. The van der Waals surface area contributed by atoms with Crippen LogP contribution in [0.3, 0.4) is 0 Å². The van der Waals surface area contributed by atoms with Crippen molar-refractivity contribution in [3.8, 4) is 0 Å². The van der Waals surface area contributed by atoms with Crippen molar-refractivity contribution >= 4 is 0 Å². The van der Waals surface area contributed by atoms with Gasteiger partial charge in [0.1, 0.15) is 6.17 Å². The molecule has 1 unspecified atom stereocenters. The second-order valence-electron chi connectivity index (χ2n) is 5.13. The third-order valence-corrected chi connectivity index (χ3v) is 3.05. The Kier molecular flexibility index (Phi) is 8.45. The lowest BCUT2D eigenvalue weighted by molar-refractivity contribution is 0.202. The Balaban J connectivity index is 2.30. The van der Waals surface area contributed by atoms with Gasteiger partial charge in [0.05, 0.1) is 0 Å². The molecule has 1 saturated heterocycles. The van der Waals surface area contributed by atoms with Crippen LogP contribution in [0.15, 0.2) is 0 Å². The van der Waals surface area contributed by atoms with Crippen molar-refractivity contribution in [3.63, 3.8) is 0 Å². The first-order chi connectivity index (χ1) is 8.68. The molecule has 0 amide bonds. The van der Waals surface area contributed by atoms with Gasteiger partial charge in [0.2, 0.25) is 0 Å². The van der Waals surface area contributed by atoms with E-state index in [1.165, 1.54) is 0 Å². The van der Waals surface area contributed by atoms with Crippen molar-refractivity contribution in [2.75, 3.05) is 60.0 Å². The maximum absolute atomic E-state index is 13.5. The number of likely N-dealkylation sites (N-methyl/N-ethyl adjacent to an activating group) is 1. The van der Waals surface area contributed by atoms with E-state index in [4.69, 9.17) is 0 Å². The van der Waals surface area contributed by atoms with Crippen molar-refractivity contribution in [2.45, 2.75) is 19.0 Å². The van der Waals surface area contributed by atoms with Gasteiger partial charge in [-0.2, -0.15) is 0 Å². The Bertz CT molecular complexity index is 203. The van der Waals surface area contributed by atoms with Crippen LogP contribution >= 0.6 is 0 Å². The zero-order chi connectivity index (χ0) is 13.2. The summed E-state index contributed by atoms with van der Waals surface area (Å²) in [5.74, 6) is 0. The average molecular weight is 261 g/mol. The van der Waals surface area contributed by atoms with Crippen LogP contribution in [0.4, 0.5) is 4.39 Å². The van der Waals surface area contributed by atoms with Gasteiger partial charge in [-0.1, -0.05) is 0 Å². The molecule has 0 aromatic heterocycles. The fourth-order valence-electron chi connectivity index (χ4n) is 1.89. The quantitative estimate of drug-likeness (QED) is 0.646. The third-order valence-electron chi connectivity index (χ3n) is 3.05. The molecule has 0 radical (unpaired) electrons. The van der Waals surface area contributed by atoms with Gasteiger partial charge in [-0.15, -0.1) is 0 Å². The molecule has 1 atom stereocenters. The molecule has 1 rings (SSSR count). The third kappa shape index (κ3) is 7.94. The van der Waals surface area contributed by atoms with E-state index in [0.29, 0.717) is 19.5 Å². The highest BCUT2D eigenvalue weighted by molar-refractivity contribution is 4.65. The van der Waals surface area contributed by atoms with Crippen molar-refractivity contribution in [3.05, 3.63) is 0 Å². The van der Waals surface area contributed by atoms with Crippen LogP contribution in [-0.2, 0) is 0 Å². The van der Waals surface area contributed by atoms with E-state index in [-0.39, 0.29) is 0 Å². The number of nitrogens with one attached hydrogen (secondary N) is 3. The molecule has 6 heteroatoms. The molecule has 3 N–H and O–H groups in total. The van der Waals surface area contributed by atoms with Gasteiger partial charge < -0.3 is 10.2 Å². The summed E-state index contributed by atoms with van der Waals surface area (Å²) < 4.78 is 13.5. The lowest BCUT2D eigenvalue weighted by atomic mass is 10.3. The van der Waals surface area contributed by atoms with Gasteiger partial charge in [0, 0.05) is 45.9 Å². The number of hydrogen-bond acceptors (Lipinski definition) is 5. The lowest BCUT2D eigenvalue weighted by Crippen LogP contribution is -2.44. The average Bonchev–Trinajstić information content (AvgIpc) is 2.31. The first kappa shape index (κ1) is 15.8. The highest BCUT2D eigenvalue weighted by Crippen LogP contribution is 1.96. The SMILES string of the molecule is CN(C)CCN1CCCNNCCC(F)CNC1. The summed E-state index contributed by atoms with van der Waals surface area (Å²) in [6, 6.07) is 0. The molecule has 108 valence electrons.